The van der Waals surface area contributed by atoms with Gasteiger partial charge in [0, 0.05) is 30.8 Å². The van der Waals surface area contributed by atoms with E-state index in [9.17, 15) is 9.18 Å². The number of aliphatic hydroxyl groups excluding tert-OH is 1. The van der Waals surface area contributed by atoms with Crippen LogP contribution in [0.4, 0.5) is 10.1 Å². The lowest BCUT2D eigenvalue weighted by Crippen LogP contribution is -2.38. The first-order valence-electron chi connectivity index (χ1n) is 6.97. The van der Waals surface area contributed by atoms with Crippen molar-refractivity contribution in [2.75, 3.05) is 11.9 Å². The molecule has 2 unspecified atom stereocenters. The maximum Gasteiger partial charge on any atom is 0.225 e. The smallest absolute Gasteiger partial charge is 0.225 e. The van der Waals surface area contributed by atoms with Crippen LogP contribution in [-0.4, -0.2) is 29.7 Å². The van der Waals surface area contributed by atoms with Crippen LogP contribution in [0.2, 0.25) is 0 Å². The van der Waals surface area contributed by atoms with Crippen molar-refractivity contribution in [2.24, 2.45) is 0 Å². The Morgan fingerprint density at radius 2 is 2.00 bits per heavy atom. The summed E-state index contributed by atoms with van der Waals surface area (Å²) in [6.45, 7) is 4.11. The Balaban J connectivity index is 2.39. The largest absolute Gasteiger partial charge is 0.396 e. The number of carbonyl (C=O) groups excluding carboxylic acids is 1. The van der Waals surface area contributed by atoms with E-state index in [-0.39, 0.29) is 30.4 Å². The maximum atomic E-state index is 12.7. The standard InChI is InChI=1S/C15H23FN2O2/c1-3-13(8-9-19)17-11(2)10-15(20)18-14-6-4-12(16)5-7-14/h4-7,11,13,17,19H,3,8-10H2,1-2H3,(H,18,20). The second kappa shape index (κ2) is 8.66. The zero-order valence-corrected chi connectivity index (χ0v) is 12.0. The molecular weight excluding hydrogens is 259 g/mol. The van der Waals surface area contributed by atoms with E-state index in [1.807, 2.05) is 13.8 Å². The molecule has 1 aromatic rings. The Labute approximate surface area is 119 Å². The SMILES string of the molecule is CCC(CCO)NC(C)CC(=O)Nc1ccc(F)cc1. The Hall–Kier alpha value is -1.46. The van der Waals surface area contributed by atoms with Crippen LogP contribution in [0.5, 0.6) is 0 Å². The number of aliphatic hydroxyl groups is 1. The van der Waals surface area contributed by atoms with Gasteiger partial charge in [-0.3, -0.25) is 4.79 Å². The molecule has 0 spiro atoms. The van der Waals surface area contributed by atoms with Crippen molar-refractivity contribution >= 4 is 11.6 Å². The summed E-state index contributed by atoms with van der Waals surface area (Å²) >= 11 is 0. The fraction of sp³-hybridized carbons (Fsp3) is 0.533. The van der Waals surface area contributed by atoms with E-state index < -0.39 is 0 Å². The molecular formula is C15H23FN2O2. The van der Waals surface area contributed by atoms with Crippen molar-refractivity contribution in [3.8, 4) is 0 Å². The molecule has 0 fully saturated rings. The molecule has 1 aromatic carbocycles. The zero-order valence-electron chi connectivity index (χ0n) is 12.0. The van der Waals surface area contributed by atoms with Crippen LogP contribution in [0.15, 0.2) is 24.3 Å². The van der Waals surface area contributed by atoms with Gasteiger partial charge in [-0.05, 0) is 44.0 Å². The van der Waals surface area contributed by atoms with Crippen LogP contribution in [0, 0.1) is 5.82 Å². The predicted octanol–water partition coefficient (Wildman–Crippen LogP) is 2.29. The van der Waals surface area contributed by atoms with Crippen molar-refractivity contribution in [3.63, 3.8) is 0 Å². The van der Waals surface area contributed by atoms with Crippen molar-refractivity contribution in [3.05, 3.63) is 30.1 Å². The van der Waals surface area contributed by atoms with Gasteiger partial charge < -0.3 is 15.7 Å². The van der Waals surface area contributed by atoms with E-state index in [0.29, 0.717) is 18.5 Å². The predicted molar refractivity (Wildman–Crippen MR) is 78.0 cm³/mol. The maximum absolute atomic E-state index is 12.7. The van der Waals surface area contributed by atoms with E-state index in [2.05, 4.69) is 10.6 Å². The number of carbonyl (C=O) groups is 1. The highest BCUT2D eigenvalue weighted by Crippen LogP contribution is 2.09. The minimum Gasteiger partial charge on any atom is -0.396 e. The average molecular weight is 282 g/mol. The number of halogens is 1. The quantitative estimate of drug-likeness (QED) is 0.685. The summed E-state index contributed by atoms with van der Waals surface area (Å²) < 4.78 is 12.7. The highest BCUT2D eigenvalue weighted by Gasteiger charge is 2.13. The van der Waals surface area contributed by atoms with E-state index in [4.69, 9.17) is 5.11 Å². The number of rotatable bonds is 8. The topological polar surface area (TPSA) is 61.4 Å². The molecule has 20 heavy (non-hydrogen) atoms. The Morgan fingerprint density at radius 1 is 1.35 bits per heavy atom. The molecule has 0 radical (unpaired) electrons. The van der Waals surface area contributed by atoms with Gasteiger partial charge in [0.15, 0.2) is 0 Å². The van der Waals surface area contributed by atoms with E-state index >= 15 is 0 Å². The third-order valence-electron chi connectivity index (χ3n) is 3.11. The van der Waals surface area contributed by atoms with Gasteiger partial charge in [0.25, 0.3) is 0 Å². The lowest BCUT2D eigenvalue weighted by Gasteiger charge is -2.21. The van der Waals surface area contributed by atoms with Crippen LogP contribution in [0.1, 0.15) is 33.1 Å². The zero-order chi connectivity index (χ0) is 15.0. The molecule has 112 valence electrons. The molecule has 0 saturated carbocycles. The van der Waals surface area contributed by atoms with Crippen LogP contribution in [0.3, 0.4) is 0 Å². The second-order valence-corrected chi connectivity index (χ2v) is 4.94. The summed E-state index contributed by atoms with van der Waals surface area (Å²) in [5, 5.41) is 15.0. The Kier molecular flexibility index (Phi) is 7.18. The first kappa shape index (κ1) is 16.6. The number of amides is 1. The molecule has 0 aliphatic carbocycles. The van der Waals surface area contributed by atoms with Crippen molar-refractivity contribution in [1.82, 2.24) is 5.32 Å². The minimum atomic E-state index is -0.326. The summed E-state index contributed by atoms with van der Waals surface area (Å²) in [6.07, 6.45) is 1.92. The van der Waals surface area contributed by atoms with Crippen molar-refractivity contribution < 1.29 is 14.3 Å². The summed E-state index contributed by atoms with van der Waals surface area (Å²) in [5.41, 5.74) is 0.589. The molecule has 0 aliphatic rings. The number of nitrogens with one attached hydrogen (secondary N) is 2. The molecule has 0 bridgehead atoms. The van der Waals surface area contributed by atoms with Crippen LogP contribution < -0.4 is 10.6 Å². The molecule has 0 heterocycles. The van der Waals surface area contributed by atoms with E-state index in [1.54, 1.807) is 0 Å². The number of hydrogen-bond acceptors (Lipinski definition) is 3. The van der Waals surface area contributed by atoms with Crippen molar-refractivity contribution in [2.45, 2.75) is 45.2 Å². The lowest BCUT2D eigenvalue weighted by atomic mass is 10.1. The van der Waals surface area contributed by atoms with Gasteiger partial charge in [-0.1, -0.05) is 6.92 Å². The van der Waals surface area contributed by atoms with Crippen LogP contribution in [-0.2, 0) is 4.79 Å². The molecule has 0 aromatic heterocycles. The van der Waals surface area contributed by atoms with E-state index in [1.165, 1.54) is 24.3 Å². The average Bonchev–Trinajstić information content (AvgIpc) is 2.40. The normalized spacial score (nSPS) is 13.8. The molecule has 4 nitrogen and oxygen atoms in total. The number of benzene rings is 1. The highest BCUT2D eigenvalue weighted by molar-refractivity contribution is 5.91. The van der Waals surface area contributed by atoms with Gasteiger partial charge in [0.2, 0.25) is 5.91 Å². The fourth-order valence-electron chi connectivity index (χ4n) is 2.05. The molecule has 3 N–H and O–H groups in total. The van der Waals surface area contributed by atoms with Gasteiger partial charge in [-0.25, -0.2) is 4.39 Å². The summed E-state index contributed by atoms with van der Waals surface area (Å²) in [4.78, 5) is 11.8. The van der Waals surface area contributed by atoms with Gasteiger partial charge in [0.1, 0.15) is 5.82 Å². The Morgan fingerprint density at radius 3 is 2.55 bits per heavy atom. The second-order valence-electron chi connectivity index (χ2n) is 4.94. The number of hydrogen-bond donors (Lipinski definition) is 3. The third kappa shape index (κ3) is 6.12. The van der Waals surface area contributed by atoms with Gasteiger partial charge in [-0.2, -0.15) is 0 Å². The molecule has 1 rings (SSSR count). The third-order valence-corrected chi connectivity index (χ3v) is 3.11. The van der Waals surface area contributed by atoms with Crippen LogP contribution in [0.25, 0.3) is 0 Å². The summed E-state index contributed by atoms with van der Waals surface area (Å²) in [6, 6.07) is 5.93. The first-order valence-corrected chi connectivity index (χ1v) is 6.97. The van der Waals surface area contributed by atoms with Crippen LogP contribution >= 0.6 is 0 Å². The summed E-state index contributed by atoms with van der Waals surface area (Å²) in [5.74, 6) is -0.441. The Bertz CT molecular complexity index is 409. The summed E-state index contributed by atoms with van der Waals surface area (Å²) in [7, 11) is 0. The molecule has 0 aliphatic heterocycles. The van der Waals surface area contributed by atoms with Gasteiger partial charge in [0.05, 0.1) is 0 Å². The molecule has 1 amide bonds. The molecule has 2 atom stereocenters. The van der Waals surface area contributed by atoms with Crippen molar-refractivity contribution in [1.29, 1.82) is 0 Å². The first-order chi connectivity index (χ1) is 9.55. The molecule has 0 saturated heterocycles. The highest BCUT2D eigenvalue weighted by atomic mass is 19.1. The van der Waals surface area contributed by atoms with Gasteiger partial charge >= 0.3 is 0 Å². The molecule has 5 heteroatoms. The van der Waals surface area contributed by atoms with E-state index in [0.717, 1.165) is 6.42 Å². The lowest BCUT2D eigenvalue weighted by molar-refractivity contribution is -0.116. The minimum absolute atomic E-state index is 0.0203. The number of anilines is 1. The fourth-order valence-corrected chi connectivity index (χ4v) is 2.05. The van der Waals surface area contributed by atoms with Gasteiger partial charge in [-0.15, -0.1) is 0 Å². The monoisotopic (exact) mass is 282 g/mol.